The van der Waals surface area contributed by atoms with Gasteiger partial charge in [-0.15, -0.1) is 0 Å². The molecule has 0 bridgehead atoms. The Morgan fingerprint density at radius 3 is 2.56 bits per heavy atom. The molecule has 0 saturated heterocycles. The Labute approximate surface area is 67.8 Å². The molecule has 0 fully saturated rings. The number of nitriles is 1. The number of halogens is 2. The Kier molecular flexibility index (Phi) is 4.29. The number of hydrogen-bond acceptors (Lipinski definition) is 1. The first kappa shape index (κ1) is 9.29. The fourth-order valence-corrected chi connectivity index (χ4v) is 2.05. The minimum Gasteiger partial charge on any atom is -0.195 e. The van der Waals surface area contributed by atoms with E-state index in [4.69, 9.17) is 28.5 Å². The molecule has 4 heteroatoms. The highest BCUT2D eigenvalue weighted by molar-refractivity contribution is 6.50. The van der Waals surface area contributed by atoms with Crippen LogP contribution >= 0.6 is 23.2 Å². The zero-order valence-electron chi connectivity index (χ0n) is 5.32. The van der Waals surface area contributed by atoms with Crippen LogP contribution in [-0.4, -0.2) is 13.9 Å². The summed E-state index contributed by atoms with van der Waals surface area (Å²) >= 11 is 11.1. The van der Waals surface area contributed by atoms with Gasteiger partial charge in [0.25, 0.3) is 0 Å². The largest absolute Gasteiger partial charge is 0.203 e. The zero-order valence-corrected chi connectivity index (χ0v) is 8.25. The lowest BCUT2D eigenvalue weighted by atomic mass is 10.3. The number of rotatable bonds is 3. The maximum atomic E-state index is 8.32. The molecule has 0 heterocycles. The van der Waals surface area contributed by atoms with Gasteiger partial charge in [0.1, 0.15) is 6.07 Å². The predicted octanol–water partition coefficient (Wildman–Crippen LogP) is 1.71. The van der Waals surface area contributed by atoms with Crippen LogP contribution in [0.5, 0.6) is 0 Å². The summed E-state index contributed by atoms with van der Waals surface area (Å²) in [6.45, 7) is 2.17. The summed E-state index contributed by atoms with van der Waals surface area (Å²) in [4.78, 5) is 0. The lowest BCUT2D eigenvalue weighted by Crippen LogP contribution is -2.08. The van der Waals surface area contributed by atoms with E-state index in [9.17, 15) is 0 Å². The second kappa shape index (κ2) is 4.16. The molecule has 0 radical (unpaired) electrons. The number of alkyl halides is 2. The van der Waals surface area contributed by atoms with Gasteiger partial charge in [-0.25, -0.2) is 0 Å². The van der Waals surface area contributed by atoms with E-state index in [1.165, 1.54) is 0 Å². The normalized spacial score (nSPS) is 12.2. The van der Waals surface area contributed by atoms with E-state index in [0.29, 0.717) is 6.42 Å². The summed E-state index contributed by atoms with van der Waals surface area (Å²) < 4.78 is -1.12. The Morgan fingerprint density at radius 2 is 2.22 bits per heavy atom. The van der Waals surface area contributed by atoms with Crippen LogP contribution < -0.4 is 0 Å². The van der Waals surface area contributed by atoms with Crippen molar-refractivity contribution in [3.05, 3.63) is 0 Å². The van der Waals surface area contributed by atoms with E-state index < -0.39 is 4.33 Å². The van der Waals surface area contributed by atoms with Crippen molar-refractivity contribution in [3.63, 3.8) is 0 Å². The Morgan fingerprint density at radius 1 is 1.67 bits per heavy atom. The van der Waals surface area contributed by atoms with E-state index in [2.05, 4.69) is 6.55 Å². The molecule has 0 N–H and O–H groups in total. The lowest BCUT2D eigenvalue weighted by molar-refractivity contribution is 0.901. The third-order valence-electron chi connectivity index (χ3n) is 1.01. The topological polar surface area (TPSA) is 23.8 Å². The fourth-order valence-electron chi connectivity index (χ4n) is 0.455. The molecule has 0 aromatic heterocycles. The van der Waals surface area contributed by atoms with Gasteiger partial charge in [-0.05, 0) is 6.42 Å². The molecule has 0 unspecified atom stereocenters. The molecule has 0 saturated carbocycles. The smallest absolute Gasteiger partial charge is 0.195 e. The summed E-state index contributed by atoms with van der Waals surface area (Å²) in [6, 6.07) is 2.87. The molecule has 0 amide bonds. The summed E-state index contributed by atoms with van der Waals surface area (Å²) in [7, 11) is 0.00485. The molecule has 1 nitrogen and oxygen atoms in total. The van der Waals surface area contributed by atoms with Crippen LogP contribution in [0, 0.1) is 11.3 Å². The SMILES string of the molecule is C[SiH2]CCC(Cl)(Cl)C#N. The monoisotopic (exact) mass is 181 g/mol. The van der Waals surface area contributed by atoms with Crippen molar-refractivity contribution >= 4 is 32.7 Å². The van der Waals surface area contributed by atoms with Crippen LogP contribution in [0.2, 0.25) is 12.6 Å². The van der Waals surface area contributed by atoms with Gasteiger partial charge < -0.3 is 0 Å². The van der Waals surface area contributed by atoms with Crippen molar-refractivity contribution in [1.29, 1.82) is 5.26 Å². The fraction of sp³-hybridized carbons (Fsp3) is 0.800. The lowest BCUT2D eigenvalue weighted by Gasteiger charge is -2.06. The van der Waals surface area contributed by atoms with E-state index in [1.54, 1.807) is 0 Å². The van der Waals surface area contributed by atoms with Gasteiger partial charge in [0.05, 0.1) is 0 Å². The Balaban J connectivity index is 3.49. The molecule has 0 aliphatic rings. The van der Waals surface area contributed by atoms with Gasteiger partial charge in [-0.3, -0.25) is 0 Å². The van der Waals surface area contributed by atoms with E-state index >= 15 is 0 Å². The molecule has 0 aromatic carbocycles. The molecular weight excluding hydrogens is 173 g/mol. The van der Waals surface area contributed by atoms with Crippen molar-refractivity contribution < 1.29 is 0 Å². The van der Waals surface area contributed by atoms with Gasteiger partial charge >= 0.3 is 0 Å². The third kappa shape index (κ3) is 4.77. The van der Waals surface area contributed by atoms with Gasteiger partial charge in [-0.2, -0.15) is 5.26 Å². The van der Waals surface area contributed by atoms with E-state index in [-0.39, 0.29) is 9.52 Å². The minimum absolute atomic E-state index is 0.00485. The van der Waals surface area contributed by atoms with Crippen molar-refractivity contribution in [2.24, 2.45) is 0 Å². The van der Waals surface area contributed by atoms with Crippen LogP contribution in [-0.2, 0) is 0 Å². The quantitative estimate of drug-likeness (QED) is 0.481. The minimum atomic E-state index is -1.12. The summed E-state index contributed by atoms with van der Waals surface area (Å²) in [5.41, 5.74) is 0. The molecule has 0 atom stereocenters. The van der Waals surface area contributed by atoms with Crippen LogP contribution in [0.1, 0.15) is 6.42 Å². The average Bonchev–Trinajstić information content (AvgIpc) is 1.84. The van der Waals surface area contributed by atoms with E-state index in [1.807, 2.05) is 6.07 Å². The zero-order chi connectivity index (χ0) is 7.33. The Bertz CT molecular complexity index is 119. The molecule has 0 rings (SSSR count). The highest BCUT2D eigenvalue weighted by Gasteiger charge is 2.21. The van der Waals surface area contributed by atoms with Crippen LogP contribution in [0.15, 0.2) is 0 Å². The second-order valence-corrected chi connectivity index (χ2v) is 5.11. The van der Waals surface area contributed by atoms with Gasteiger partial charge in [0.15, 0.2) is 0 Å². The third-order valence-corrected chi connectivity index (χ3v) is 2.62. The summed E-state index contributed by atoms with van der Waals surface area (Å²) in [5, 5.41) is 8.32. The maximum absolute atomic E-state index is 8.32. The first-order valence-corrected chi connectivity index (χ1v) is 6.08. The van der Waals surface area contributed by atoms with Crippen molar-refractivity contribution in [2.75, 3.05) is 0 Å². The molecule has 9 heavy (non-hydrogen) atoms. The molecule has 52 valence electrons. The van der Waals surface area contributed by atoms with Gasteiger partial charge in [0.2, 0.25) is 4.33 Å². The Hall–Kier alpha value is 0.287. The molecule has 0 spiro atoms. The van der Waals surface area contributed by atoms with E-state index in [0.717, 1.165) is 6.04 Å². The van der Waals surface area contributed by atoms with Crippen LogP contribution in [0.4, 0.5) is 0 Å². The van der Waals surface area contributed by atoms with Crippen molar-refractivity contribution in [2.45, 2.75) is 23.3 Å². The number of hydrogen-bond donors (Lipinski definition) is 0. The highest BCUT2D eigenvalue weighted by atomic mass is 35.5. The maximum Gasteiger partial charge on any atom is 0.203 e. The van der Waals surface area contributed by atoms with Crippen molar-refractivity contribution in [3.8, 4) is 6.07 Å². The average molecular weight is 182 g/mol. The summed E-state index contributed by atoms with van der Waals surface area (Å²) in [6.07, 6.45) is 0.620. The number of nitrogens with zero attached hydrogens (tertiary/aromatic N) is 1. The highest BCUT2D eigenvalue weighted by Crippen LogP contribution is 2.25. The molecule has 0 aliphatic carbocycles. The van der Waals surface area contributed by atoms with Gasteiger partial charge in [-0.1, -0.05) is 35.8 Å². The second-order valence-electron chi connectivity index (χ2n) is 1.92. The van der Waals surface area contributed by atoms with Crippen LogP contribution in [0.3, 0.4) is 0 Å². The van der Waals surface area contributed by atoms with Gasteiger partial charge in [0, 0.05) is 9.52 Å². The predicted molar refractivity (Wildman–Crippen MR) is 43.9 cm³/mol. The van der Waals surface area contributed by atoms with Crippen LogP contribution in [0.25, 0.3) is 0 Å². The standard InChI is InChI=1S/C5H9Cl2NSi/c1-9-3-2-5(6,7)4-8/h2-3,9H2,1H3. The summed E-state index contributed by atoms with van der Waals surface area (Å²) in [5.74, 6) is 0. The molecular formula is C5H9Cl2NSi. The first-order chi connectivity index (χ1) is 4.12. The first-order valence-electron chi connectivity index (χ1n) is 2.91. The van der Waals surface area contributed by atoms with Crippen molar-refractivity contribution in [1.82, 2.24) is 0 Å². The molecule has 0 aliphatic heterocycles. The molecule has 0 aromatic rings.